The molecule has 1 amide bonds. The lowest BCUT2D eigenvalue weighted by atomic mass is 9.49. The summed E-state index contributed by atoms with van der Waals surface area (Å²) in [5, 5.41) is 0.380. The molecule has 1 aliphatic heterocycles. The second-order valence-corrected chi connectivity index (χ2v) is 10.0. The number of halogens is 2. The van der Waals surface area contributed by atoms with Crippen LogP contribution in [0.5, 0.6) is 5.75 Å². The molecule has 4 rings (SSSR count). The monoisotopic (exact) mass is 473 g/mol. The van der Waals surface area contributed by atoms with Crippen LogP contribution in [0, 0.1) is 17.4 Å². The molecule has 0 radical (unpaired) electrons. The van der Waals surface area contributed by atoms with Crippen molar-refractivity contribution in [3.8, 4) is 5.75 Å². The van der Waals surface area contributed by atoms with Crippen molar-refractivity contribution in [3.63, 3.8) is 0 Å². The van der Waals surface area contributed by atoms with Crippen molar-refractivity contribution in [2.24, 2.45) is 10.8 Å². The van der Waals surface area contributed by atoms with Crippen molar-refractivity contribution in [2.75, 3.05) is 0 Å². The van der Waals surface area contributed by atoms with Gasteiger partial charge >= 0.3 is 0 Å². The predicted octanol–water partition coefficient (Wildman–Crippen LogP) is 5.89. The number of amides is 1. The van der Waals surface area contributed by atoms with Crippen LogP contribution in [0.25, 0.3) is 4.85 Å². The van der Waals surface area contributed by atoms with E-state index in [1.807, 2.05) is 11.0 Å². The number of carbonyl (C=O) groups excluding carboxylic acids is 1. The van der Waals surface area contributed by atoms with Crippen LogP contribution in [0.15, 0.2) is 34.9 Å². The van der Waals surface area contributed by atoms with Gasteiger partial charge in [-0.25, -0.2) is 9.83 Å². The van der Waals surface area contributed by atoms with Crippen molar-refractivity contribution in [1.82, 2.24) is 9.88 Å². The molecule has 1 aromatic carbocycles. The van der Waals surface area contributed by atoms with Crippen LogP contribution in [0.4, 0.5) is 5.69 Å². The van der Waals surface area contributed by atoms with E-state index in [1.165, 1.54) is 0 Å². The second-order valence-electron chi connectivity index (χ2n) is 8.83. The van der Waals surface area contributed by atoms with Crippen LogP contribution in [0.3, 0.4) is 0 Å². The fourth-order valence-electron chi connectivity index (χ4n) is 5.39. The molecule has 150 valence electrons. The molecule has 2 aromatic rings. The van der Waals surface area contributed by atoms with Crippen LogP contribution in [0.2, 0.25) is 5.02 Å². The fourth-order valence-corrected chi connectivity index (χ4v) is 5.95. The summed E-state index contributed by atoms with van der Waals surface area (Å²) in [4.78, 5) is 22.9. The summed E-state index contributed by atoms with van der Waals surface area (Å²) in [6.45, 7) is 16.1. The van der Waals surface area contributed by atoms with E-state index in [1.54, 1.807) is 24.3 Å². The Labute approximate surface area is 184 Å². The second kappa shape index (κ2) is 6.72. The first-order valence-electron chi connectivity index (χ1n) is 9.37. The van der Waals surface area contributed by atoms with Gasteiger partial charge in [0.05, 0.1) is 29.4 Å². The third-order valence-corrected chi connectivity index (χ3v) is 6.86. The lowest BCUT2D eigenvalue weighted by molar-refractivity contribution is -0.199. The first-order chi connectivity index (χ1) is 13.6. The van der Waals surface area contributed by atoms with Gasteiger partial charge in [0, 0.05) is 16.9 Å². The SMILES string of the molecule is [C-]#[N+]c1ccc(OC2C(C)(C)C(N3Cc4nc(Br)ccc4C3=O)C2(C)C)cc1Cl. The molecule has 0 unspecified atom stereocenters. The lowest BCUT2D eigenvalue weighted by Gasteiger charge is -2.65. The summed E-state index contributed by atoms with van der Waals surface area (Å²) in [7, 11) is 0. The Bertz CT molecular complexity index is 1040. The van der Waals surface area contributed by atoms with Gasteiger partial charge < -0.3 is 9.64 Å². The van der Waals surface area contributed by atoms with Gasteiger partial charge in [-0.2, -0.15) is 0 Å². The summed E-state index contributed by atoms with van der Waals surface area (Å²) in [5.41, 5.74) is 1.34. The third kappa shape index (κ3) is 3.03. The van der Waals surface area contributed by atoms with Crippen LogP contribution < -0.4 is 4.74 Å². The highest BCUT2D eigenvalue weighted by atomic mass is 79.9. The Kier molecular flexibility index (Phi) is 4.67. The molecule has 0 atom stereocenters. The van der Waals surface area contributed by atoms with E-state index in [4.69, 9.17) is 22.9 Å². The van der Waals surface area contributed by atoms with Gasteiger partial charge in [0.1, 0.15) is 16.5 Å². The van der Waals surface area contributed by atoms with Crippen molar-refractivity contribution in [2.45, 2.75) is 46.4 Å². The molecular formula is C22H21BrClN3O2. The molecule has 1 saturated carbocycles. The number of benzene rings is 1. The van der Waals surface area contributed by atoms with E-state index < -0.39 is 0 Å². The van der Waals surface area contributed by atoms with E-state index in [0.29, 0.717) is 28.6 Å². The molecule has 0 spiro atoms. The van der Waals surface area contributed by atoms with Gasteiger partial charge in [0.15, 0.2) is 0 Å². The normalized spacial score (nSPS) is 23.9. The standard InChI is InChI=1S/C22H21BrClN3O2/c1-21(2)19(27-11-16-13(18(27)28)7-9-17(23)26-16)22(3,4)20(21)29-12-6-8-15(25-5)14(24)10-12/h6-10,19-20H,11H2,1-4H3. The van der Waals surface area contributed by atoms with Gasteiger partial charge in [0.2, 0.25) is 5.69 Å². The fraction of sp³-hybridized carbons (Fsp3) is 0.409. The molecule has 1 fully saturated rings. The highest BCUT2D eigenvalue weighted by molar-refractivity contribution is 9.10. The molecule has 0 bridgehead atoms. The highest BCUT2D eigenvalue weighted by Crippen LogP contribution is 2.59. The Morgan fingerprint density at radius 1 is 1.24 bits per heavy atom. The minimum absolute atomic E-state index is 0.00142. The van der Waals surface area contributed by atoms with E-state index >= 15 is 0 Å². The van der Waals surface area contributed by atoms with Crippen molar-refractivity contribution in [1.29, 1.82) is 0 Å². The quantitative estimate of drug-likeness (QED) is 0.412. The maximum absolute atomic E-state index is 13.1. The van der Waals surface area contributed by atoms with Gasteiger partial charge in [-0.05, 0) is 40.2 Å². The largest absolute Gasteiger partial charge is 0.489 e. The Hall–Kier alpha value is -2.10. The Balaban J connectivity index is 1.60. The molecule has 1 aromatic heterocycles. The number of carbonyl (C=O) groups is 1. The summed E-state index contributed by atoms with van der Waals surface area (Å²) < 4.78 is 7.07. The van der Waals surface area contributed by atoms with Gasteiger partial charge in [0.25, 0.3) is 5.91 Å². The smallest absolute Gasteiger partial charge is 0.256 e. The first-order valence-corrected chi connectivity index (χ1v) is 10.5. The summed E-state index contributed by atoms with van der Waals surface area (Å²) >= 11 is 9.56. The van der Waals surface area contributed by atoms with Crippen LogP contribution in [-0.4, -0.2) is 27.9 Å². The number of pyridine rings is 1. The molecule has 7 heteroatoms. The number of hydrogen-bond acceptors (Lipinski definition) is 3. The van der Waals surface area contributed by atoms with Crippen LogP contribution >= 0.6 is 27.5 Å². The zero-order valence-corrected chi connectivity index (χ0v) is 19.0. The summed E-state index contributed by atoms with van der Waals surface area (Å²) in [6.07, 6.45) is -0.119. The third-order valence-electron chi connectivity index (χ3n) is 6.12. The number of fused-ring (bicyclic) bond motifs is 1. The molecule has 1 aliphatic carbocycles. The molecule has 0 saturated heterocycles. The maximum atomic E-state index is 13.1. The Morgan fingerprint density at radius 2 is 1.93 bits per heavy atom. The van der Waals surface area contributed by atoms with Gasteiger partial charge in [-0.15, -0.1) is 0 Å². The van der Waals surface area contributed by atoms with Gasteiger partial charge in [-0.1, -0.05) is 45.4 Å². The predicted molar refractivity (Wildman–Crippen MR) is 115 cm³/mol. The highest BCUT2D eigenvalue weighted by Gasteiger charge is 2.67. The zero-order valence-electron chi connectivity index (χ0n) is 16.7. The minimum Gasteiger partial charge on any atom is -0.489 e. The first kappa shape index (κ1) is 20.2. The molecule has 2 aliphatic rings. The van der Waals surface area contributed by atoms with Crippen molar-refractivity contribution < 1.29 is 9.53 Å². The van der Waals surface area contributed by atoms with E-state index in [9.17, 15) is 4.79 Å². The molecule has 2 heterocycles. The number of rotatable bonds is 3. The number of hydrogen-bond donors (Lipinski definition) is 0. The summed E-state index contributed by atoms with van der Waals surface area (Å²) in [5.74, 6) is 0.655. The molecular weight excluding hydrogens is 454 g/mol. The lowest BCUT2D eigenvalue weighted by Crippen LogP contribution is -2.74. The van der Waals surface area contributed by atoms with E-state index in [-0.39, 0.29) is 28.9 Å². The van der Waals surface area contributed by atoms with Crippen molar-refractivity contribution in [3.05, 3.63) is 62.6 Å². The topological polar surface area (TPSA) is 46.8 Å². The minimum atomic E-state index is -0.274. The van der Waals surface area contributed by atoms with E-state index in [2.05, 4.69) is 53.5 Å². The summed E-state index contributed by atoms with van der Waals surface area (Å²) in [6, 6.07) is 8.77. The zero-order chi connectivity index (χ0) is 21.1. The van der Waals surface area contributed by atoms with Crippen molar-refractivity contribution >= 4 is 39.1 Å². The Morgan fingerprint density at radius 3 is 2.55 bits per heavy atom. The average Bonchev–Trinajstić information content (AvgIpc) is 2.94. The maximum Gasteiger partial charge on any atom is 0.256 e. The molecule has 0 N–H and O–H groups in total. The number of ether oxygens (including phenoxy) is 1. The number of nitrogens with zero attached hydrogens (tertiary/aromatic N) is 3. The molecule has 29 heavy (non-hydrogen) atoms. The van der Waals surface area contributed by atoms with Crippen LogP contribution in [-0.2, 0) is 6.54 Å². The van der Waals surface area contributed by atoms with Gasteiger partial charge in [-0.3, -0.25) is 4.79 Å². The van der Waals surface area contributed by atoms with Crippen LogP contribution in [0.1, 0.15) is 43.7 Å². The average molecular weight is 475 g/mol. The van der Waals surface area contributed by atoms with E-state index in [0.717, 1.165) is 10.3 Å². The molecule has 5 nitrogen and oxygen atoms in total. The number of aromatic nitrogens is 1.